The number of rotatable bonds is 4. The number of anilines is 1. The molecule has 1 atom stereocenters. The summed E-state index contributed by atoms with van der Waals surface area (Å²) in [5.74, 6) is -0.0162. The van der Waals surface area contributed by atoms with Gasteiger partial charge < -0.3 is 5.73 Å². The lowest BCUT2D eigenvalue weighted by molar-refractivity contribution is 0.566. The van der Waals surface area contributed by atoms with Crippen molar-refractivity contribution in [2.45, 2.75) is 24.8 Å². The summed E-state index contributed by atoms with van der Waals surface area (Å²) in [4.78, 5) is 8.95. The van der Waals surface area contributed by atoms with Crippen LogP contribution in [0, 0.1) is 6.92 Å². The molecule has 0 aliphatic heterocycles. The number of pyridine rings is 1. The fourth-order valence-corrected chi connectivity index (χ4v) is 3.69. The van der Waals surface area contributed by atoms with Crippen molar-refractivity contribution in [1.29, 1.82) is 0 Å². The van der Waals surface area contributed by atoms with E-state index in [0.29, 0.717) is 5.01 Å². The quantitative estimate of drug-likeness (QED) is 0.890. The van der Waals surface area contributed by atoms with Crippen molar-refractivity contribution in [3.63, 3.8) is 0 Å². The van der Waals surface area contributed by atoms with Gasteiger partial charge in [0.2, 0.25) is 10.0 Å². The molecule has 3 N–H and O–H groups in total. The largest absolute Gasteiger partial charge is 0.383 e. The number of nitrogens with two attached hydrogens (primary N) is 1. The van der Waals surface area contributed by atoms with Crippen molar-refractivity contribution >= 4 is 27.2 Å². The summed E-state index contributed by atoms with van der Waals surface area (Å²) in [6.07, 6.45) is 3.16. The van der Waals surface area contributed by atoms with Crippen molar-refractivity contribution < 1.29 is 8.42 Å². The zero-order valence-corrected chi connectivity index (χ0v) is 12.1. The van der Waals surface area contributed by atoms with Gasteiger partial charge in [-0.1, -0.05) is 0 Å². The highest BCUT2D eigenvalue weighted by molar-refractivity contribution is 7.89. The number of sulfonamides is 1. The van der Waals surface area contributed by atoms with Crippen molar-refractivity contribution in [1.82, 2.24) is 14.7 Å². The van der Waals surface area contributed by atoms with E-state index in [1.807, 2.05) is 6.92 Å². The summed E-state index contributed by atoms with van der Waals surface area (Å²) in [6, 6.07) is 2.54. The highest BCUT2D eigenvalue weighted by atomic mass is 32.2. The SMILES string of the molecule is Cc1cnc(C(C)NS(=O)(=O)c2cccnc2N)s1. The molecule has 0 spiro atoms. The second-order valence-electron chi connectivity index (χ2n) is 4.04. The molecule has 0 saturated heterocycles. The van der Waals surface area contributed by atoms with Gasteiger partial charge in [0, 0.05) is 17.3 Å². The lowest BCUT2D eigenvalue weighted by Gasteiger charge is -2.12. The average Bonchev–Trinajstić information content (AvgIpc) is 2.76. The molecule has 0 radical (unpaired) electrons. The third kappa shape index (κ3) is 3.09. The van der Waals surface area contributed by atoms with Crippen LogP contribution in [-0.4, -0.2) is 18.4 Å². The van der Waals surface area contributed by atoms with E-state index in [2.05, 4.69) is 14.7 Å². The fraction of sp³-hybridized carbons (Fsp3) is 0.273. The number of hydrogen-bond acceptors (Lipinski definition) is 6. The third-order valence-corrected chi connectivity index (χ3v) is 5.11. The van der Waals surface area contributed by atoms with Crippen molar-refractivity contribution in [3.8, 4) is 0 Å². The van der Waals surface area contributed by atoms with Gasteiger partial charge in [-0.2, -0.15) is 0 Å². The molecule has 0 aliphatic rings. The third-order valence-electron chi connectivity index (χ3n) is 2.43. The number of hydrogen-bond donors (Lipinski definition) is 2. The van der Waals surface area contributed by atoms with E-state index < -0.39 is 16.1 Å². The number of aryl methyl sites for hydroxylation is 1. The Morgan fingerprint density at radius 2 is 2.16 bits per heavy atom. The van der Waals surface area contributed by atoms with Gasteiger partial charge >= 0.3 is 0 Å². The fourth-order valence-electron chi connectivity index (χ4n) is 1.55. The summed E-state index contributed by atoms with van der Waals surface area (Å²) in [6.45, 7) is 3.66. The average molecular weight is 298 g/mol. The predicted molar refractivity (Wildman–Crippen MR) is 74.2 cm³/mol. The van der Waals surface area contributed by atoms with Crippen LogP contribution in [0.5, 0.6) is 0 Å². The molecule has 0 aromatic carbocycles. The zero-order chi connectivity index (χ0) is 14.0. The van der Waals surface area contributed by atoms with Crippen LogP contribution in [-0.2, 0) is 10.0 Å². The molecule has 102 valence electrons. The standard InChI is InChI=1S/C11H14N4O2S2/c1-7-6-14-11(18-7)8(2)15-19(16,17)9-4-3-5-13-10(9)12/h3-6,8,15H,1-2H3,(H2,12,13). The smallest absolute Gasteiger partial charge is 0.244 e. The number of aromatic nitrogens is 2. The van der Waals surface area contributed by atoms with Gasteiger partial charge in [0.15, 0.2) is 0 Å². The van der Waals surface area contributed by atoms with Crippen LogP contribution in [0.2, 0.25) is 0 Å². The number of thiazole rings is 1. The molecule has 1 unspecified atom stereocenters. The Kier molecular flexibility index (Phi) is 3.83. The predicted octanol–water partition coefficient (Wildman–Crippen LogP) is 1.47. The number of nitrogen functional groups attached to an aromatic ring is 1. The zero-order valence-electron chi connectivity index (χ0n) is 10.5. The summed E-state index contributed by atoms with van der Waals surface area (Å²) in [7, 11) is -3.70. The van der Waals surface area contributed by atoms with E-state index >= 15 is 0 Å². The molecule has 6 nitrogen and oxygen atoms in total. The van der Waals surface area contributed by atoms with E-state index in [4.69, 9.17) is 5.73 Å². The monoisotopic (exact) mass is 298 g/mol. The second-order valence-corrected chi connectivity index (χ2v) is 6.99. The highest BCUT2D eigenvalue weighted by Gasteiger charge is 2.22. The van der Waals surface area contributed by atoms with Crippen LogP contribution in [0.1, 0.15) is 22.9 Å². The molecule has 2 aromatic rings. The van der Waals surface area contributed by atoms with Gasteiger partial charge in [-0.15, -0.1) is 11.3 Å². The second kappa shape index (κ2) is 5.24. The topological polar surface area (TPSA) is 98.0 Å². The molecule has 0 bridgehead atoms. The Morgan fingerprint density at radius 1 is 1.42 bits per heavy atom. The normalized spacial score (nSPS) is 13.4. The van der Waals surface area contributed by atoms with Crippen LogP contribution in [0.15, 0.2) is 29.4 Å². The molecule has 2 heterocycles. The van der Waals surface area contributed by atoms with Gasteiger partial charge in [0.1, 0.15) is 15.7 Å². The van der Waals surface area contributed by atoms with Gasteiger partial charge in [-0.3, -0.25) is 0 Å². The summed E-state index contributed by atoms with van der Waals surface area (Å²) >= 11 is 1.45. The molecule has 0 amide bonds. The van der Waals surface area contributed by atoms with Crippen LogP contribution >= 0.6 is 11.3 Å². The minimum absolute atomic E-state index is 0.0162. The molecule has 2 rings (SSSR count). The maximum Gasteiger partial charge on any atom is 0.244 e. The first kappa shape index (κ1) is 13.9. The maximum atomic E-state index is 12.2. The Morgan fingerprint density at radius 3 is 2.74 bits per heavy atom. The van der Waals surface area contributed by atoms with Crippen molar-refractivity contribution in [3.05, 3.63) is 34.4 Å². The van der Waals surface area contributed by atoms with Gasteiger partial charge in [0.05, 0.1) is 6.04 Å². The minimum Gasteiger partial charge on any atom is -0.383 e. The Labute approximate surface area is 115 Å². The lowest BCUT2D eigenvalue weighted by Crippen LogP contribution is -2.27. The van der Waals surface area contributed by atoms with Gasteiger partial charge in [0.25, 0.3) is 0 Å². The van der Waals surface area contributed by atoms with E-state index in [1.54, 1.807) is 13.1 Å². The van der Waals surface area contributed by atoms with Crippen molar-refractivity contribution in [2.75, 3.05) is 5.73 Å². The number of nitrogens with zero attached hydrogens (tertiary/aromatic N) is 2. The minimum atomic E-state index is -3.70. The number of nitrogens with one attached hydrogen (secondary N) is 1. The van der Waals surface area contributed by atoms with Crippen LogP contribution in [0.25, 0.3) is 0 Å². The van der Waals surface area contributed by atoms with E-state index in [0.717, 1.165) is 4.88 Å². The first-order valence-electron chi connectivity index (χ1n) is 5.55. The van der Waals surface area contributed by atoms with Gasteiger partial charge in [-0.05, 0) is 26.0 Å². The summed E-state index contributed by atoms with van der Waals surface area (Å²) < 4.78 is 26.9. The maximum absolute atomic E-state index is 12.2. The molecule has 0 saturated carbocycles. The molecular formula is C11H14N4O2S2. The van der Waals surface area contributed by atoms with E-state index in [1.165, 1.54) is 29.7 Å². The first-order chi connectivity index (χ1) is 8.90. The molecule has 0 fully saturated rings. The Hall–Kier alpha value is -1.51. The van der Waals surface area contributed by atoms with E-state index in [-0.39, 0.29) is 10.7 Å². The molecule has 2 aromatic heterocycles. The molecular weight excluding hydrogens is 284 g/mol. The van der Waals surface area contributed by atoms with E-state index in [9.17, 15) is 8.42 Å². The van der Waals surface area contributed by atoms with Crippen LogP contribution in [0.4, 0.5) is 5.82 Å². The first-order valence-corrected chi connectivity index (χ1v) is 7.85. The Balaban J connectivity index is 2.25. The van der Waals surface area contributed by atoms with Crippen molar-refractivity contribution in [2.24, 2.45) is 0 Å². The van der Waals surface area contributed by atoms with Crippen LogP contribution < -0.4 is 10.5 Å². The molecule has 8 heteroatoms. The molecule has 0 aliphatic carbocycles. The van der Waals surface area contributed by atoms with Crippen LogP contribution in [0.3, 0.4) is 0 Å². The molecule has 19 heavy (non-hydrogen) atoms. The van der Waals surface area contributed by atoms with Gasteiger partial charge in [-0.25, -0.2) is 23.1 Å². The highest BCUT2D eigenvalue weighted by Crippen LogP contribution is 2.22. The summed E-state index contributed by atoms with van der Waals surface area (Å²) in [5, 5.41) is 0.712. The summed E-state index contributed by atoms with van der Waals surface area (Å²) in [5.41, 5.74) is 5.58. The lowest BCUT2D eigenvalue weighted by atomic mass is 10.4. The Bertz CT molecular complexity index is 682.